The number of rotatable bonds is 2. The minimum Gasteiger partial charge on any atom is -0.387 e. The van der Waals surface area contributed by atoms with Gasteiger partial charge in [0.25, 0.3) is 0 Å². The average molecular weight is 193 g/mol. The Hall–Kier alpha value is -1.13. The molecule has 0 spiro atoms. The molecule has 3 N–H and O–H groups in total. The summed E-state index contributed by atoms with van der Waals surface area (Å²) in [6.07, 6.45) is 7.40. The minimum atomic E-state index is -0.554. The van der Waals surface area contributed by atoms with Gasteiger partial charge in [0.05, 0.1) is 12.1 Å². The summed E-state index contributed by atoms with van der Waals surface area (Å²) in [4.78, 5) is 0. The first-order valence-corrected chi connectivity index (χ1v) is 4.77. The van der Waals surface area contributed by atoms with Crippen LogP contribution in [-0.2, 0) is 0 Å². The number of hydrogen-bond acceptors (Lipinski definition) is 4. The smallest absolute Gasteiger partial charge is 0.0909 e. The number of nitrogens with zero attached hydrogens (tertiary/aromatic N) is 2. The van der Waals surface area contributed by atoms with Crippen LogP contribution in [-0.4, -0.2) is 42.1 Å². The molecular weight excluding hydrogens is 178 g/mol. The Morgan fingerprint density at radius 3 is 3.21 bits per heavy atom. The van der Waals surface area contributed by atoms with E-state index in [1.54, 1.807) is 0 Å². The van der Waals surface area contributed by atoms with Gasteiger partial charge in [-0.1, -0.05) is 18.2 Å². The molecule has 76 valence electrons. The molecule has 2 rings (SSSR count). The molecule has 1 aliphatic carbocycles. The highest BCUT2D eigenvalue weighted by molar-refractivity contribution is 5.68. The monoisotopic (exact) mass is 193 g/mol. The molecule has 4 nitrogen and oxygen atoms in total. The van der Waals surface area contributed by atoms with Crippen LogP contribution in [0.5, 0.6) is 0 Å². The Balaban J connectivity index is 2.17. The predicted octanol–water partition coefficient (Wildman–Crippen LogP) is -0.282. The van der Waals surface area contributed by atoms with Gasteiger partial charge in [-0.25, -0.2) is 0 Å². The van der Waals surface area contributed by atoms with Crippen LogP contribution in [0.3, 0.4) is 0 Å². The van der Waals surface area contributed by atoms with Gasteiger partial charge in [-0.05, 0) is 5.57 Å². The molecule has 0 fully saturated rings. The van der Waals surface area contributed by atoms with Crippen molar-refractivity contribution in [2.45, 2.75) is 12.1 Å². The van der Waals surface area contributed by atoms with Crippen LogP contribution in [0.4, 0.5) is 0 Å². The summed E-state index contributed by atoms with van der Waals surface area (Å²) in [6.45, 7) is 0.262. The lowest BCUT2D eigenvalue weighted by Gasteiger charge is -2.24. The van der Waals surface area contributed by atoms with Gasteiger partial charge in [0.15, 0.2) is 0 Å². The summed E-state index contributed by atoms with van der Waals surface area (Å²) in [5, 5.41) is 15.7. The van der Waals surface area contributed by atoms with Crippen molar-refractivity contribution >= 4 is 6.21 Å². The molecule has 0 saturated carbocycles. The fourth-order valence-electron chi connectivity index (χ4n) is 1.81. The topological polar surface area (TPSA) is 61.8 Å². The lowest BCUT2D eigenvalue weighted by Crippen LogP contribution is -2.31. The molecule has 3 unspecified atom stereocenters. The molecule has 3 atom stereocenters. The highest BCUT2D eigenvalue weighted by Crippen LogP contribution is 2.25. The van der Waals surface area contributed by atoms with Crippen LogP contribution in [0, 0.1) is 5.92 Å². The average Bonchev–Trinajstić information content (AvgIpc) is 2.59. The van der Waals surface area contributed by atoms with Crippen molar-refractivity contribution < 1.29 is 5.11 Å². The second-order valence-corrected chi connectivity index (χ2v) is 3.68. The second kappa shape index (κ2) is 3.55. The summed E-state index contributed by atoms with van der Waals surface area (Å²) in [7, 11) is 1.93. The van der Waals surface area contributed by atoms with E-state index in [2.05, 4.69) is 11.2 Å². The van der Waals surface area contributed by atoms with E-state index in [0.717, 1.165) is 5.57 Å². The molecule has 0 aromatic heterocycles. The number of aliphatic hydroxyl groups is 1. The first kappa shape index (κ1) is 9.43. The van der Waals surface area contributed by atoms with Crippen LogP contribution < -0.4 is 5.73 Å². The van der Waals surface area contributed by atoms with Gasteiger partial charge in [-0.3, -0.25) is 5.01 Å². The maximum Gasteiger partial charge on any atom is 0.0909 e. The number of aliphatic hydroxyl groups excluding tert-OH is 1. The summed E-state index contributed by atoms with van der Waals surface area (Å²) in [6, 6.07) is 0.246. The van der Waals surface area contributed by atoms with Crippen LogP contribution in [0.25, 0.3) is 0 Å². The van der Waals surface area contributed by atoms with Gasteiger partial charge in [-0.2, -0.15) is 5.10 Å². The zero-order valence-electron chi connectivity index (χ0n) is 8.17. The van der Waals surface area contributed by atoms with Gasteiger partial charge in [0.1, 0.15) is 0 Å². The van der Waals surface area contributed by atoms with Crippen molar-refractivity contribution in [2.24, 2.45) is 16.8 Å². The van der Waals surface area contributed by atoms with E-state index in [9.17, 15) is 5.11 Å². The van der Waals surface area contributed by atoms with E-state index in [1.165, 1.54) is 0 Å². The number of fused-ring (bicyclic) bond motifs is 1. The highest BCUT2D eigenvalue weighted by atomic mass is 16.3. The van der Waals surface area contributed by atoms with Crippen LogP contribution in [0.2, 0.25) is 0 Å². The molecule has 0 aromatic carbocycles. The van der Waals surface area contributed by atoms with Gasteiger partial charge < -0.3 is 10.8 Å². The van der Waals surface area contributed by atoms with Crippen LogP contribution in [0.15, 0.2) is 28.9 Å². The van der Waals surface area contributed by atoms with Crippen molar-refractivity contribution in [3.63, 3.8) is 0 Å². The van der Waals surface area contributed by atoms with E-state index >= 15 is 0 Å². The van der Waals surface area contributed by atoms with E-state index in [4.69, 9.17) is 5.73 Å². The Morgan fingerprint density at radius 2 is 2.50 bits per heavy atom. The first-order valence-electron chi connectivity index (χ1n) is 4.77. The number of hydrazone groups is 1. The molecule has 0 aromatic rings. The molecule has 1 heterocycles. The standard InChI is InChI=1S/C10H15N3O/c1-13-9-4-7(10(14)5-11)2-3-8(9)6-12-13/h2-4,6,8-10,14H,5,11H2,1H3. The molecule has 2 aliphatic rings. The fraction of sp³-hybridized carbons (Fsp3) is 0.500. The maximum atomic E-state index is 9.59. The largest absolute Gasteiger partial charge is 0.387 e. The SMILES string of the molecule is CN1N=CC2C=CC(C(O)CN)=CC21. The second-order valence-electron chi connectivity index (χ2n) is 3.68. The zero-order chi connectivity index (χ0) is 10.1. The highest BCUT2D eigenvalue weighted by Gasteiger charge is 2.28. The van der Waals surface area contributed by atoms with Crippen molar-refractivity contribution in [3.8, 4) is 0 Å². The lowest BCUT2D eigenvalue weighted by atomic mass is 9.91. The number of nitrogens with two attached hydrogens (primary N) is 1. The molecule has 0 radical (unpaired) electrons. The van der Waals surface area contributed by atoms with Crippen molar-refractivity contribution in [1.82, 2.24) is 5.01 Å². The van der Waals surface area contributed by atoms with E-state index in [0.29, 0.717) is 5.92 Å². The van der Waals surface area contributed by atoms with Crippen molar-refractivity contribution in [3.05, 3.63) is 23.8 Å². The van der Waals surface area contributed by atoms with Gasteiger partial charge >= 0.3 is 0 Å². The first-order chi connectivity index (χ1) is 6.72. The van der Waals surface area contributed by atoms with Crippen molar-refractivity contribution in [2.75, 3.05) is 13.6 Å². The van der Waals surface area contributed by atoms with Gasteiger partial charge in [0, 0.05) is 25.7 Å². The third kappa shape index (κ3) is 1.47. The van der Waals surface area contributed by atoms with Crippen LogP contribution in [0.1, 0.15) is 0 Å². The summed E-state index contributed by atoms with van der Waals surface area (Å²) >= 11 is 0. The van der Waals surface area contributed by atoms with Crippen molar-refractivity contribution in [1.29, 1.82) is 0 Å². The Kier molecular flexibility index (Phi) is 2.39. The normalized spacial score (nSPS) is 31.6. The van der Waals surface area contributed by atoms with E-state index in [-0.39, 0.29) is 12.6 Å². The number of likely N-dealkylation sites (N-methyl/N-ethyl adjacent to an activating group) is 1. The zero-order valence-corrected chi connectivity index (χ0v) is 8.17. The Labute approximate surface area is 83.4 Å². The maximum absolute atomic E-state index is 9.59. The lowest BCUT2D eigenvalue weighted by molar-refractivity contribution is 0.218. The molecule has 4 heteroatoms. The van der Waals surface area contributed by atoms with E-state index in [1.807, 2.05) is 30.4 Å². The molecule has 1 aliphatic heterocycles. The number of hydrogen-bond donors (Lipinski definition) is 2. The van der Waals surface area contributed by atoms with Gasteiger partial charge in [0.2, 0.25) is 0 Å². The Morgan fingerprint density at radius 1 is 1.71 bits per heavy atom. The third-order valence-corrected chi connectivity index (χ3v) is 2.73. The molecule has 0 bridgehead atoms. The van der Waals surface area contributed by atoms with E-state index < -0.39 is 6.10 Å². The van der Waals surface area contributed by atoms with Gasteiger partial charge in [-0.15, -0.1) is 0 Å². The quantitative estimate of drug-likeness (QED) is 0.634. The molecule has 14 heavy (non-hydrogen) atoms. The minimum absolute atomic E-state index is 0.246. The molecule has 0 saturated heterocycles. The molecule has 0 amide bonds. The predicted molar refractivity (Wildman–Crippen MR) is 55.8 cm³/mol. The van der Waals surface area contributed by atoms with Crippen LogP contribution >= 0.6 is 0 Å². The summed E-state index contributed by atoms with van der Waals surface area (Å²) in [5.41, 5.74) is 6.30. The Bertz CT molecular complexity index is 308. The third-order valence-electron chi connectivity index (χ3n) is 2.73. The summed E-state index contributed by atoms with van der Waals surface area (Å²) < 4.78 is 0. The molecular formula is C10H15N3O. The summed E-state index contributed by atoms with van der Waals surface area (Å²) in [5.74, 6) is 0.341. The fourth-order valence-corrected chi connectivity index (χ4v) is 1.81.